The van der Waals surface area contributed by atoms with Crippen molar-refractivity contribution in [2.24, 2.45) is 17.8 Å². The number of phenolic OH excluding ortho intramolecular Hbond substituents is 1. The number of benzene rings is 3. The Morgan fingerprint density at radius 2 is 1.47 bits per heavy atom. The van der Waals surface area contributed by atoms with E-state index in [9.17, 15) is 24.3 Å². The molecule has 1 N–H and O–H groups in total. The van der Waals surface area contributed by atoms with Crippen molar-refractivity contribution >= 4 is 41.2 Å². The molecule has 0 aromatic heterocycles. The van der Waals surface area contributed by atoms with Crippen molar-refractivity contribution in [3.8, 4) is 28.7 Å². The van der Waals surface area contributed by atoms with Crippen LogP contribution < -0.4 is 23.8 Å². The number of phenols is 1. The van der Waals surface area contributed by atoms with Gasteiger partial charge in [0, 0.05) is 28.2 Å². The molecule has 2 amide bonds. The maximum atomic E-state index is 14.4. The number of ketones is 2. The van der Waals surface area contributed by atoms with Crippen LogP contribution in [0.1, 0.15) is 42.4 Å². The lowest BCUT2D eigenvalue weighted by atomic mass is 9.59. The SMILES string of the molecule is COc1ccc(OC)c(C=Cc2ccc(N3C(=O)C4CC=C5C(c6cc(OC)c(O)c(OC)c6)C6=C(CC5C4C3=O)C(=O)C=C(C)C6=O)cc2)c1. The van der Waals surface area contributed by atoms with Crippen LogP contribution in [0.5, 0.6) is 28.7 Å². The summed E-state index contributed by atoms with van der Waals surface area (Å²) in [4.78, 5) is 56.9. The standard InChI is InChI=1S/C41H37NO9/c1-21-16-31(43)30-20-29-27(35(37(30)38(21)44)24-18-33(50-4)39(45)34(19-24)51-5)13-14-28-36(29)41(47)42(40(28)46)25-10-7-22(8-11-25)6-9-23-17-26(48-2)12-15-32(23)49-3/h6-13,15-19,28-29,35-36,45H,14,20H2,1-5H3. The molecule has 10 heteroatoms. The molecule has 0 saturated carbocycles. The average molecular weight is 688 g/mol. The Bertz CT molecular complexity index is 2100. The van der Waals surface area contributed by atoms with Crippen molar-refractivity contribution in [2.45, 2.75) is 25.7 Å². The molecule has 3 aromatic rings. The molecule has 51 heavy (non-hydrogen) atoms. The van der Waals surface area contributed by atoms with Crippen molar-refractivity contribution in [1.29, 1.82) is 0 Å². The van der Waals surface area contributed by atoms with E-state index in [1.807, 2.05) is 48.6 Å². The molecule has 3 aromatic carbocycles. The van der Waals surface area contributed by atoms with E-state index in [4.69, 9.17) is 18.9 Å². The van der Waals surface area contributed by atoms with Crippen molar-refractivity contribution in [2.75, 3.05) is 33.3 Å². The minimum atomic E-state index is -0.732. The summed E-state index contributed by atoms with van der Waals surface area (Å²) in [6.07, 6.45) is 7.56. The van der Waals surface area contributed by atoms with Crippen molar-refractivity contribution < 1.29 is 43.2 Å². The van der Waals surface area contributed by atoms with Gasteiger partial charge in [-0.2, -0.15) is 0 Å². The lowest BCUT2D eigenvalue weighted by Gasteiger charge is -2.42. The summed E-state index contributed by atoms with van der Waals surface area (Å²) in [6.45, 7) is 1.62. The molecule has 260 valence electrons. The first-order valence-electron chi connectivity index (χ1n) is 16.6. The average Bonchev–Trinajstić information content (AvgIpc) is 3.41. The maximum absolute atomic E-state index is 14.4. The van der Waals surface area contributed by atoms with Gasteiger partial charge in [0.2, 0.25) is 17.6 Å². The zero-order valence-electron chi connectivity index (χ0n) is 28.9. The van der Waals surface area contributed by atoms with Crippen LogP contribution in [-0.2, 0) is 19.2 Å². The lowest BCUT2D eigenvalue weighted by Crippen LogP contribution is -2.39. The minimum absolute atomic E-state index is 0.143. The zero-order valence-corrected chi connectivity index (χ0v) is 28.9. The summed E-state index contributed by atoms with van der Waals surface area (Å²) in [7, 11) is 6.03. The van der Waals surface area contributed by atoms with Crippen LogP contribution in [0.2, 0.25) is 0 Å². The molecule has 7 rings (SSSR count). The summed E-state index contributed by atoms with van der Waals surface area (Å²) in [6, 6.07) is 15.9. The number of allylic oxidation sites excluding steroid dienone is 6. The van der Waals surface area contributed by atoms with Gasteiger partial charge in [-0.3, -0.25) is 24.1 Å². The molecule has 1 fully saturated rings. The van der Waals surface area contributed by atoms with Gasteiger partial charge < -0.3 is 24.1 Å². The normalized spacial score (nSPS) is 22.7. The highest BCUT2D eigenvalue weighted by Crippen LogP contribution is 2.56. The van der Waals surface area contributed by atoms with Gasteiger partial charge in [0.25, 0.3) is 0 Å². The number of carbonyl (C=O) groups is 4. The van der Waals surface area contributed by atoms with Crippen molar-refractivity contribution in [3.05, 3.63) is 106 Å². The van der Waals surface area contributed by atoms with Crippen molar-refractivity contribution in [1.82, 2.24) is 0 Å². The van der Waals surface area contributed by atoms with Crippen LogP contribution >= 0.6 is 0 Å². The van der Waals surface area contributed by atoms with Crippen LogP contribution in [0.3, 0.4) is 0 Å². The molecule has 1 aliphatic heterocycles. The van der Waals surface area contributed by atoms with E-state index in [2.05, 4.69) is 0 Å². The second-order valence-electron chi connectivity index (χ2n) is 13.0. The number of rotatable bonds is 8. The summed E-state index contributed by atoms with van der Waals surface area (Å²) in [5.41, 5.74) is 4.51. The number of anilines is 1. The number of fused-ring (bicyclic) bond motifs is 3. The number of methoxy groups -OCH3 is 4. The monoisotopic (exact) mass is 687 g/mol. The van der Waals surface area contributed by atoms with Crippen LogP contribution in [0.4, 0.5) is 5.69 Å². The molecule has 0 spiro atoms. The van der Waals surface area contributed by atoms with E-state index in [0.29, 0.717) is 45.9 Å². The predicted molar refractivity (Wildman–Crippen MR) is 190 cm³/mol. The van der Waals surface area contributed by atoms with E-state index < -0.39 is 23.7 Å². The van der Waals surface area contributed by atoms with Crippen LogP contribution in [-0.4, -0.2) is 56.9 Å². The van der Waals surface area contributed by atoms with E-state index in [-0.39, 0.29) is 47.1 Å². The number of nitrogens with zero attached hydrogens (tertiary/aromatic N) is 1. The lowest BCUT2D eigenvalue weighted by molar-refractivity contribution is -0.123. The Morgan fingerprint density at radius 3 is 2.12 bits per heavy atom. The highest BCUT2D eigenvalue weighted by atomic mass is 16.5. The van der Waals surface area contributed by atoms with Gasteiger partial charge in [-0.15, -0.1) is 0 Å². The molecule has 0 radical (unpaired) electrons. The quantitative estimate of drug-likeness (QED) is 0.127. The Morgan fingerprint density at radius 1 is 0.784 bits per heavy atom. The zero-order chi connectivity index (χ0) is 36.1. The fourth-order valence-corrected chi connectivity index (χ4v) is 7.97. The molecule has 4 aliphatic rings. The second kappa shape index (κ2) is 13.1. The third kappa shape index (κ3) is 5.51. The summed E-state index contributed by atoms with van der Waals surface area (Å²) in [5.74, 6) is -2.27. The van der Waals surface area contributed by atoms with Gasteiger partial charge in [0.1, 0.15) is 11.5 Å². The number of ether oxygens (including phenoxy) is 4. The molecule has 4 unspecified atom stereocenters. The fraction of sp³-hybridized carbons (Fsp3) is 0.268. The molecule has 4 atom stereocenters. The van der Waals surface area contributed by atoms with Gasteiger partial charge in [-0.05, 0) is 85.4 Å². The summed E-state index contributed by atoms with van der Waals surface area (Å²) >= 11 is 0. The van der Waals surface area contributed by atoms with Crippen LogP contribution in [0.15, 0.2) is 89.0 Å². The van der Waals surface area contributed by atoms with E-state index >= 15 is 0 Å². The topological polar surface area (TPSA) is 129 Å². The minimum Gasteiger partial charge on any atom is -0.502 e. The smallest absolute Gasteiger partial charge is 0.238 e. The van der Waals surface area contributed by atoms with Crippen LogP contribution in [0, 0.1) is 17.8 Å². The number of amides is 2. The van der Waals surface area contributed by atoms with Gasteiger partial charge in [0.15, 0.2) is 23.1 Å². The predicted octanol–water partition coefficient (Wildman–Crippen LogP) is 6.23. The number of aromatic hydroxyl groups is 1. The summed E-state index contributed by atoms with van der Waals surface area (Å²) < 4.78 is 21.7. The molecule has 1 heterocycles. The maximum Gasteiger partial charge on any atom is 0.238 e. The number of carbonyl (C=O) groups excluding carboxylic acids is 4. The van der Waals surface area contributed by atoms with E-state index in [1.165, 1.54) is 25.2 Å². The van der Waals surface area contributed by atoms with Crippen LogP contribution in [0.25, 0.3) is 12.2 Å². The third-order valence-corrected chi connectivity index (χ3v) is 10.4. The van der Waals surface area contributed by atoms with Gasteiger partial charge >= 0.3 is 0 Å². The molecular weight excluding hydrogens is 650 g/mol. The first kappa shape index (κ1) is 33.6. The molecule has 10 nitrogen and oxygen atoms in total. The van der Waals surface area contributed by atoms with E-state index in [0.717, 1.165) is 16.7 Å². The van der Waals surface area contributed by atoms with Gasteiger partial charge in [-0.25, -0.2) is 0 Å². The largest absolute Gasteiger partial charge is 0.502 e. The number of hydrogen-bond donors (Lipinski definition) is 1. The highest BCUT2D eigenvalue weighted by molar-refractivity contribution is 6.25. The number of hydrogen-bond acceptors (Lipinski definition) is 9. The second-order valence-corrected chi connectivity index (χ2v) is 13.0. The summed E-state index contributed by atoms with van der Waals surface area (Å²) in [5, 5.41) is 10.7. The Hall–Kier alpha value is -5.90. The molecular formula is C41H37NO9. The molecule has 1 saturated heterocycles. The molecule has 0 bridgehead atoms. The Labute approximate surface area is 295 Å². The fourth-order valence-electron chi connectivity index (χ4n) is 7.97. The third-order valence-electron chi connectivity index (χ3n) is 10.4. The van der Waals surface area contributed by atoms with E-state index in [1.54, 1.807) is 45.4 Å². The molecule has 3 aliphatic carbocycles. The van der Waals surface area contributed by atoms with Gasteiger partial charge in [-0.1, -0.05) is 35.9 Å². The first-order valence-corrected chi connectivity index (χ1v) is 16.6. The van der Waals surface area contributed by atoms with Gasteiger partial charge in [0.05, 0.1) is 46.0 Å². The Kier molecular flexibility index (Phi) is 8.62. The number of Topliss-reactive ketones (excluding diaryl/α,β-unsaturated/α-hetero) is 1. The Balaban J connectivity index is 1.23. The highest BCUT2D eigenvalue weighted by Gasteiger charge is 2.56. The first-order chi connectivity index (χ1) is 24.6. The van der Waals surface area contributed by atoms with Crippen molar-refractivity contribution in [3.63, 3.8) is 0 Å². The number of imide groups is 1.